The topological polar surface area (TPSA) is 65.2 Å². The van der Waals surface area contributed by atoms with Crippen LogP contribution >= 0.6 is 0 Å². The van der Waals surface area contributed by atoms with Gasteiger partial charge in [-0.2, -0.15) is 0 Å². The van der Waals surface area contributed by atoms with E-state index in [1.807, 2.05) is 18.2 Å². The fourth-order valence-electron chi connectivity index (χ4n) is 3.47. The van der Waals surface area contributed by atoms with Crippen LogP contribution in [0.25, 0.3) is 0 Å². The zero-order chi connectivity index (χ0) is 17.9. The largest absolute Gasteiger partial charge is 0.364 e. The van der Waals surface area contributed by atoms with Gasteiger partial charge in [-0.3, -0.25) is 14.5 Å². The number of amides is 1. The first-order chi connectivity index (χ1) is 12.0. The summed E-state index contributed by atoms with van der Waals surface area (Å²) >= 11 is 0. The summed E-state index contributed by atoms with van der Waals surface area (Å²) in [5.74, 6) is -0.311. The molecule has 132 valence electrons. The van der Waals surface area contributed by atoms with Crippen LogP contribution in [-0.4, -0.2) is 34.4 Å². The van der Waals surface area contributed by atoms with E-state index < -0.39 is 0 Å². The molecule has 1 aliphatic heterocycles. The molecular weight excluding hydrogens is 314 g/mol. The number of H-pyrrole nitrogens is 1. The van der Waals surface area contributed by atoms with Crippen molar-refractivity contribution >= 4 is 5.91 Å². The molecular formula is C20H25N3O2. The van der Waals surface area contributed by atoms with Crippen LogP contribution in [0.15, 0.2) is 47.4 Å². The van der Waals surface area contributed by atoms with Crippen molar-refractivity contribution in [2.45, 2.75) is 38.8 Å². The van der Waals surface area contributed by atoms with Crippen molar-refractivity contribution in [2.75, 3.05) is 13.1 Å². The summed E-state index contributed by atoms with van der Waals surface area (Å²) in [7, 11) is 0. The lowest BCUT2D eigenvalue weighted by Gasteiger charge is -2.35. The van der Waals surface area contributed by atoms with Gasteiger partial charge in [-0.15, -0.1) is 0 Å². The highest BCUT2D eigenvalue weighted by molar-refractivity contribution is 5.93. The number of hydrogen-bond acceptors (Lipinski definition) is 3. The minimum absolute atomic E-state index is 0.0943. The average molecular weight is 339 g/mol. The minimum atomic E-state index is -0.311. The van der Waals surface area contributed by atoms with Gasteiger partial charge in [-0.1, -0.05) is 30.3 Å². The van der Waals surface area contributed by atoms with Crippen LogP contribution in [0.3, 0.4) is 0 Å². The van der Waals surface area contributed by atoms with E-state index in [9.17, 15) is 9.59 Å². The lowest BCUT2D eigenvalue weighted by molar-refractivity contribution is 0.0896. The number of nitrogens with zero attached hydrogens (tertiary/aromatic N) is 1. The molecule has 2 aromatic rings. The molecule has 2 N–H and O–H groups in total. The van der Waals surface area contributed by atoms with Crippen LogP contribution in [0.2, 0.25) is 0 Å². The molecule has 3 rings (SSSR count). The van der Waals surface area contributed by atoms with E-state index >= 15 is 0 Å². The van der Waals surface area contributed by atoms with Gasteiger partial charge in [-0.05, 0) is 38.8 Å². The molecule has 5 heteroatoms. The van der Waals surface area contributed by atoms with Crippen molar-refractivity contribution in [1.82, 2.24) is 15.2 Å². The van der Waals surface area contributed by atoms with Crippen LogP contribution in [0.5, 0.6) is 0 Å². The maximum atomic E-state index is 12.4. The molecule has 1 atom stereocenters. The molecule has 2 heterocycles. The monoisotopic (exact) mass is 339 g/mol. The summed E-state index contributed by atoms with van der Waals surface area (Å²) in [5.41, 5.74) is 1.85. The number of nitrogens with one attached hydrogen (secondary N) is 2. The molecule has 1 aromatic heterocycles. The molecule has 0 bridgehead atoms. The summed E-state index contributed by atoms with van der Waals surface area (Å²) in [6, 6.07) is 11.8. The second-order valence-electron chi connectivity index (χ2n) is 7.08. The first kappa shape index (κ1) is 17.4. The Kier molecular flexibility index (Phi) is 5.04. The van der Waals surface area contributed by atoms with E-state index in [4.69, 9.17) is 0 Å². The number of rotatable bonds is 5. The number of likely N-dealkylation sites (tertiary alicyclic amines) is 1. The SMILES string of the molecule is Cc1cc(=O)c(C(=O)NC[C@]2(C)CCCN2Cc2ccccc2)c[nH]1. The second kappa shape index (κ2) is 7.23. The number of aryl methyl sites for hydroxylation is 1. The maximum absolute atomic E-state index is 12.4. The van der Waals surface area contributed by atoms with Gasteiger partial charge in [0.25, 0.3) is 5.91 Å². The standard InChI is InChI=1S/C20H25N3O2/c1-15-11-18(24)17(12-21-15)19(25)22-14-20(2)9-6-10-23(20)13-16-7-4-3-5-8-16/h3-5,7-8,11-12H,6,9-10,13-14H2,1-2H3,(H,21,24)(H,22,25)/t20-/m0/s1. The van der Waals surface area contributed by atoms with Gasteiger partial charge in [-0.25, -0.2) is 0 Å². The van der Waals surface area contributed by atoms with Gasteiger partial charge < -0.3 is 10.3 Å². The Labute approximate surface area is 148 Å². The molecule has 0 saturated carbocycles. The number of hydrogen-bond donors (Lipinski definition) is 2. The molecule has 0 radical (unpaired) electrons. The molecule has 1 aliphatic rings. The van der Waals surface area contributed by atoms with Crippen LogP contribution in [-0.2, 0) is 6.54 Å². The van der Waals surface area contributed by atoms with Crippen molar-refractivity contribution in [2.24, 2.45) is 0 Å². The van der Waals surface area contributed by atoms with E-state index in [1.54, 1.807) is 6.92 Å². The molecule has 1 saturated heterocycles. The van der Waals surface area contributed by atoms with Crippen LogP contribution in [0, 0.1) is 6.92 Å². The summed E-state index contributed by atoms with van der Waals surface area (Å²) in [6.07, 6.45) is 3.64. The molecule has 1 fully saturated rings. The number of benzene rings is 1. The smallest absolute Gasteiger partial charge is 0.256 e. The highest BCUT2D eigenvalue weighted by Gasteiger charge is 2.36. The molecule has 1 amide bonds. The normalized spacial score (nSPS) is 20.6. The van der Waals surface area contributed by atoms with Gasteiger partial charge in [0.2, 0.25) is 0 Å². The number of carbonyl (C=O) groups excluding carboxylic acids is 1. The van der Waals surface area contributed by atoms with Crippen molar-refractivity contribution < 1.29 is 4.79 Å². The van der Waals surface area contributed by atoms with Gasteiger partial charge in [0.15, 0.2) is 5.43 Å². The summed E-state index contributed by atoms with van der Waals surface area (Å²) in [6.45, 7) is 6.41. The fraction of sp³-hybridized carbons (Fsp3) is 0.400. The third-order valence-electron chi connectivity index (χ3n) is 5.05. The van der Waals surface area contributed by atoms with E-state index in [1.165, 1.54) is 17.8 Å². The van der Waals surface area contributed by atoms with E-state index in [0.717, 1.165) is 31.6 Å². The summed E-state index contributed by atoms with van der Waals surface area (Å²) in [4.78, 5) is 29.7. The Morgan fingerprint density at radius 2 is 2.08 bits per heavy atom. The third-order valence-corrected chi connectivity index (χ3v) is 5.05. The Morgan fingerprint density at radius 1 is 1.32 bits per heavy atom. The van der Waals surface area contributed by atoms with Crippen LogP contribution in [0.4, 0.5) is 0 Å². The lowest BCUT2D eigenvalue weighted by Crippen LogP contribution is -2.50. The summed E-state index contributed by atoms with van der Waals surface area (Å²) in [5, 5.41) is 2.96. The highest BCUT2D eigenvalue weighted by Crippen LogP contribution is 2.30. The number of pyridine rings is 1. The molecule has 0 aliphatic carbocycles. The third kappa shape index (κ3) is 3.99. The lowest BCUT2D eigenvalue weighted by atomic mass is 9.98. The first-order valence-corrected chi connectivity index (χ1v) is 8.74. The Hall–Kier alpha value is -2.40. The van der Waals surface area contributed by atoms with E-state index in [-0.39, 0.29) is 22.4 Å². The Bertz CT molecular complexity index is 800. The number of aromatic nitrogens is 1. The predicted octanol–water partition coefficient (Wildman–Crippen LogP) is 2.47. The van der Waals surface area contributed by atoms with Crippen LogP contribution in [0.1, 0.15) is 41.4 Å². The van der Waals surface area contributed by atoms with Gasteiger partial charge in [0.05, 0.1) is 0 Å². The zero-order valence-electron chi connectivity index (χ0n) is 14.8. The predicted molar refractivity (Wildman–Crippen MR) is 98.6 cm³/mol. The quantitative estimate of drug-likeness (QED) is 0.879. The van der Waals surface area contributed by atoms with E-state index in [2.05, 4.69) is 34.3 Å². The Balaban J connectivity index is 1.66. The van der Waals surface area contributed by atoms with Gasteiger partial charge >= 0.3 is 0 Å². The van der Waals surface area contributed by atoms with Crippen molar-refractivity contribution in [3.8, 4) is 0 Å². The van der Waals surface area contributed by atoms with Crippen molar-refractivity contribution in [3.05, 3.63) is 69.6 Å². The highest BCUT2D eigenvalue weighted by atomic mass is 16.2. The Morgan fingerprint density at radius 3 is 2.80 bits per heavy atom. The molecule has 0 spiro atoms. The molecule has 0 unspecified atom stereocenters. The molecule has 1 aromatic carbocycles. The van der Waals surface area contributed by atoms with E-state index in [0.29, 0.717) is 6.54 Å². The first-order valence-electron chi connectivity index (χ1n) is 8.74. The summed E-state index contributed by atoms with van der Waals surface area (Å²) < 4.78 is 0. The number of aromatic amines is 1. The van der Waals surface area contributed by atoms with Gasteiger partial charge in [0.1, 0.15) is 5.56 Å². The fourth-order valence-corrected chi connectivity index (χ4v) is 3.47. The van der Waals surface area contributed by atoms with Crippen molar-refractivity contribution in [3.63, 3.8) is 0 Å². The molecule has 25 heavy (non-hydrogen) atoms. The van der Waals surface area contributed by atoms with Crippen LogP contribution < -0.4 is 10.7 Å². The molecule has 5 nitrogen and oxygen atoms in total. The average Bonchev–Trinajstić information content (AvgIpc) is 2.95. The number of carbonyl (C=O) groups is 1. The second-order valence-corrected chi connectivity index (χ2v) is 7.08. The zero-order valence-corrected chi connectivity index (χ0v) is 14.8. The van der Waals surface area contributed by atoms with Crippen molar-refractivity contribution in [1.29, 1.82) is 0 Å². The van der Waals surface area contributed by atoms with Gasteiger partial charge in [0, 0.05) is 36.6 Å². The maximum Gasteiger partial charge on any atom is 0.256 e. The minimum Gasteiger partial charge on any atom is -0.364 e.